The third kappa shape index (κ3) is 4.83. The van der Waals surface area contributed by atoms with Crippen LogP contribution in [0.3, 0.4) is 0 Å². The molecular weight excluding hydrogens is 388 g/mol. The van der Waals surface area contributed by atoms with Gasteiger partial charge in [0.15, 0.2) is 16.6 Å². The fourth-order valence-electron chi connectivity index (χ4n) is 3.08. The Labute approximate surface area is 174 Å². The molecule has 0 saturated carbocycles. The van der Waals surface area contributed by atoms with Gasteiger partial charge in [0.2, 0.25) is 0 Å². The number of hydrogen-bond acceptors (Lipinski definition) is 5. The Bertz CT molecular complexity index is 1050. The molecule has 1 aromatic carbocycles. The highest BCUT2D eigenvalue weighted by Crippen LogP contribution is 2.31. The van der Waals surface area contributed by atoms with E-state index in [0.29, 0.717) is 47.3 Å². The van der Waals surface area contributed by atoms with Crippen molar-refractivity contribution in [2.45, 2.75) is 20.0 Å². The summed E-state index contributed by atoms with van der Waals surface area (Å²) < 4.78 is 10.7. The monoisotopic (exact) mass is 412 g/mol. The van der Waals surface area contributed by atoms with Gasteiger partial charge in [0.25, 0.3) is 5.56 Å². The van der Waals surface area contributed by atoms with E-state index >= 15 is 0 Å². The lowest BCUT2D eigenvalue weighted by atomic mass is 10.1. The predicted molar refractivity (Wildman–Crippen MR) is 117 cm³/mol. The molecule has 2 aromatic heterocycles. The largest absolute Gasteiger partial charge is 0.493 e. The topological polar surface area (TPSA) is 79.5 Å². The van der Waals surface area contributed by atoms with Gasteiger partial charge in [0.1, 0.15) is 0 Å². The van der Waals surface area contributed by atoms with Crippen molar-refractivity contribution in [1.82, 2.24) is 20.2 Å². The molecule has 0 fully saturated rings. The SMILES string of the molecule is CCNC(=S)N(Cc1cccnc1)Cc1cc2cc(OC)c(OC)cc2[nH]c1=O. The summed E-state index contributed by atoms with van der Waals surface area (Å²) in [6.07, 6.45) is 3.52. The average Bonchev–Trinajstić information content (AvgIpc) is 2.73. The summed E-state index contributed by atoms with van der Waals surface area (Å²) in [5.74, 6) is 1.17. The summed E-state index contributed by atoms with van der Waals surface area (Å²) in [7, 11) is 3.15. The van der Waals surface area contributed by atoms with E-state index in [0.717, 1.165) is 10.9 Å². The van der Waals surface area contributed by atoms with Crippen LogP contribution in [0.4, 0.5) is 0 Å². The molecule has 0 aliphatic heterocycles. The third-order valence-corrected chi connectivity index (χ3v) is 4.90. The maximum Gasteiger partial charge on any atom is 0.253 e. The number of rotatable bonds is 7. The molecule has 2 N–H and O–H groups in total. The molecule has 7 nitrogen and oxygen atoms in total. The van der Waals surface area contributed by atoms with E-state index in [1.165, 1.54) is 0 Å². The first-order chi connectivity index (χ1) is 14.0. The van der Waals surface area contributed by atoms with Crippen molar-refractivity contribution >= 4 is 28.2 Å². The van der Waals surface area contributed by atoms with Crippen LogP contribution in [-0.4, -0.2) is 40.7 Å². The highest BCUT2D eigenvalue weighted by Gasteiger charge is 2.15. The van der Waals surface area contributed by atoms with E-state index in [9.17, 15) is 4.79 Å². The molecule has 29 heavy (non-hydrogen) atoms. The summed E-state index contributed by atoms with van der Waals surface area (Å²) in [5.41, 5.74) is 2.13. The zero-order chi connectivity index (χ0) is 20.8. The van der Waals surface area contributed by atoms with Gasteiger partial charge in [-0.2, -0.15) is 0 Å². The number of aromatic amines is 1. The second kappa shape index (κ2) is 9.38. The lowest BCUT2D eigenvalue weighted by molar-refractivity contribution is 0.355. The molecule has 2 heterocycles. The van der Waals surface area contributed by atoms with Crippen LogP contribution in [0.1, 0.15) is 18.1 Å². The molecule has 3 aromatic rings. The van der Waals surface area contributed by atoms with Gasteiger partial charge in [0, 0.05) is 42.5 Å². The molecule has 3 rings (SSSR count). The van der Waals surface area contributed by atoms with Gasteiger partial charge in [-0.15, -0.1) is 0 Å². The molecule has 0 saturated heterocycles. The lowest BCUT2D eigenvalue weighted by Gasteiger charge is -2.25. The van der Waals surface area contributed by atoms with Crippen LogP contribution in [0.2, 0.25) is 0 Å². The van der Waals surface area contributed by atoms with Gasteiger partial charge in [-0.25, -0.2) is 0 Å². The van der Waals surface area contributed by atoms with E-state index in [-0.39, 0.29) is 5.56 Å². The maximum absolute atomic E-state index is 12.7. The van der Waals surface area contributed by atoms with Gasteiger partial charge in [-0.3, -0.25) is 9.78 Å². The Hall–Kier alpha value is -3.13. The summed E-state index contributed by atoms with van der Waals surface area (Å²) in [6.45, 7) is 3.59. The summed E-state index contributed by atoms with van der Waals surface area (Å²) in [4.78, 5) is 21.8. The Morgan fingerprint density at radius 2 is 1.97 bits per heavy atom. The molecule has 8 heteroatoms. The number of methoxy groups -OCH3 is 2. The Morgan fingerprint density at radius 3 is 2.62 bits per heavy atom. The van der Waals surface area contributed by atoms with Crippen molar-refractivity contribution in [3.63, 3.8) is 0 Å². The van der Waals surface area contributed by atoms with Crippen LogP contribution in [0.25, 0.3) is 10.9 Å². The standard InChI is InChI=1S/C21H24N4O3S/c1-4-23-21(29)25(12-14-6-5-7-22-11-14)13-16-8-15-9-18(27-2)19(28-3)10-17(15)24-20(16)26/h5-11H,4,12-13H2,1-3H3,(H,23,29)(H,24,26). The number of pyridine rings is 2. The first kappa shape index (κ1) is 20.6. The van der Waals surface area contributed by atoms with E-state index in [1.807, 2.05) is 36.1 Å². The quantitative estimate of drug-likeness (QED) is 0.578. The molecule has 0 amide bonds. The first-order valence-electron chi connectivity index (χ1n) is 9.25. The van der Waals surface area contributed by atoms with Crippen LogP contribution < -0.4 is 20.3 Å². The zero-order valence-corrected chi connectivity index (χ0v) is 17.5. The number of thiocarbonyl (C=S) groups is 1. The van der Waals surface area contributed by atoms with E-state index < -0.39 is 0 Å². The van der Waals surface area contributed by atoms with E-state index in [2.05, 4.69) is 15.3 Å². The van der Waals surface area contributed by atoms with Crippen LogP contribution >= 0.6 is 12.2 Å². The van der Waals surface area contributed by atoms with E-state index in [1.54, 1.807) is 32.7 Å². The van der Waals surface area contributed by atoms with Gasteiger partial charge in [-0.1, -0.05) is 6.07 Å². The van der Waals surface area contributed by atoms with Crippen molar-refractivity contribution in [1.29, 1.82) is 0 Å². The van der Waals surface area contributed by atoms with Crippen LogP contribution in [0.5, 0.6) is 11.5 Å². The van der Waals surface area contributed by atoms with E-state index in [4.69, 9.17) is 21.7 Å². The number of ether oxygens (including phenoxy) is 2. The maximum atomic E-state index is 12.7. The number of H-pyrrole nitrogens is 1. The van der Waals surface area contributed by atoms with Crippen LogP contribution in [-0.2, 0) is 13.1 Å². The van der Waals surface area contributed by atoms with Crippen LogP contribution in [0.15, 0.2) is 47.5 Å². The molecule has 0 atom stereocenters. The number of nitrogens with one attached hydrogen (secondary N) is 2. The minimum atomic E-state index is -0.166. The van der Waals surface area contributed by atoms with Crippen molar-refractivity contribution in [2.75, 3.05) is 20.8 Å². The molecule has 0 unspecified atom stereocenters. The lowest BCUT2D eigenvalue weighted by Crippen LogP contribution is -2.39. The normalized spacial score (nSPS) is 10.6. The van der Waals surface area contributed by atoms with Crippen LogP contribution in [0, 0.1) is 0 Å². The second-order valence-electron chi connectivity index (χ2n) is 6.47. The Kier molecular flexibility index (Phi) is 6.66. The average molecular weight is 413 g/mol. The minimum Gasteiger partial charge on any atom is -0.493 e. The number of hydrogen-bond donors (Lipinski definition) is 2. The molecule has 0 aliphatic carbocycles. The van der Waals surface area contributed by atoms with Crippen molar-refractivity contribution in [3.05, 3.63) is 64.2 Å². The second-order valence-corrected chi connectivity index (χ2v) is 6.86. The Balaban J connectivity index is 1.96. The first-order valence-corrected chi connectivity index (χ1v) is 9.66. The summed E-state index contributed by atoms with van der Waals surface area (Å²) >= 11 is 5.53. The predicted octanol–water partition coefficient (Wildman–Crippen LogP) is 2.84. The number of nitrogens with zero attached hydrogens (tertiary/aromatic N) is 2. The Morgan fingerprint density at radius 1 is 1.21 bits per heavy atom. The zero-order valence-electron chi connectivity index (χ0n) is 16.7. The minimum absolute atomic E-state index is 0.166. The van der Waals surface area contributed by atoms with Crippen molar-refractivity contribution < 1.29 is 9.47 Å². The molecule has 0 spiro atoms. The van der Waals surface area contributed by atoms with Gasteiger partial charge in [0.05, 0.1) is 26.3 Å². The number of fused-ring (bicyclic) bond motifs is 1. The highest BCUT2D eigenvalue weighted by atomic mass is 32.1. The molecule has 0 aliphatic rings. The fourth-order valence-corrected chi connectivity index (χ4v) is 3.35. The van der Waals surface area contributed by atoms with Crippen molar-refractivity contribution in [3.8, 4) is 11.5 Å². The smallest absolute Gasteiger partial charge is 0.253 e. The van der Waals surface area contributed by atoms with Gasteiger partial charge >= 0.3 is 0 Å². The summed E-state index contributed by atoms with van der Waals surface area (Å²) in [5, 5.41) is 4.61. The molecular formula is C21H24N4O3S. The summed E-state index contributed by atoms with van der Waals surface area (Å²) in [6, 6.07) is 9.33. The van der Waals surface area contributed by atoms with Crippen molar-refractivity contribution in [2.24, 2.45) is 0 Å². The number of aromatic nitrogens is 2. The van der Waals surface area contributed by atoms with Gasteiger partial charge < -0.3 is 24.7 Å². The fraction of sp³-hybridized carbons (Fsp3) is 0.286. The highest BCUT2D eigenvalue weighted by molar-refractivity contribution is 7.80. The number of benzene rings is 1. The third-order valence-electron chi connectivity index (χ3n) is 4.50. The molecule has 0 bridgehead atoms. The van der Waals surface area contributed by atoms with Gasteiger partial charge in [-0.05, 0) is 42.9 Å². The molecule has 152 valence electrons. The molecule has 0 radical (unpaired) electrons.